The van der Waals surface area contributed by atoms with E-state index in [1.807, 2.05) is 37.3 Å². The summed E-state index contributed by atoms with van der Waals surface area (Å²) in [6, 6.07) is 9.08. The Balaban J connectivity index is 2.75. The van der Waals surface area contributed by atoms with E-state index in [1.54, 1.807) is 6.92 Å². The number of carbonyl (C=O) groups is 1. The highest BCUT2D eigenvalue weighted by Crippen LogP contribution is 2.17. The van der Waals surface area contributed by atoms with Crippen LogP contribution in [0.2, 0.25) is 0 Å². The molecule has 0 aliphatic rings. The summed E-state index contributed by atoms with van der Waals surface area (Å²) in [6.07, 6.45) is 1.22. The summed E-state index contributed by atoms with van der Waals surface area (Å²) < 4.78 is 0. The summed E-state index contributed by atoms with van der Waals surface area (Å²) in [5.74, 6) is 0.0646. The summed E-state index contributed by atoms with van der Waals surface area (Å²) in [5, 5.41) is 17.8. The van der Waals surface area contributed by atoms with Crippen molar-refractivity contribution >= 4 is 11.7 Å². The number of amides is 1. The van der Waals surface area contributed by atoms with Crippen molar-refractivity contribution in [2.75, 3.05) is 6.54 Å². The zero-order valence-corrected chi connectivity index (χ0v) is 12.5. The number of hydrogen-bond donors (Lipinski definition) is 4. The molecule has 1 rings (SSSR count). The first-order valence-electron chi connectivity index (χ1n) is 7.13. The van der Waals surface area contributed by atoms with Crippen molar-refractivity contribution in [3.05, 3.63) is 35.9 Å². The Labute approximate surface area is 125 Å². The molecule has 0 saturated carbocycles. The summed E-state index contributed by atoms with van der Waals surface area (Å²) in [7, 11) is 0. The van der Waals surface area contributed by atoms with Gasteiger partial charge in [-0.3, -0.25) is 10.1 Å². The van der Waals surface area contributed by atoms with Crippen LogP contribution in [-0.4, -0.2) is 29.5 Å². The van der Waals surface area contributed by atoms with Gasteiger partial charge in [-0.1, -0.05) is 42.4 Å². The smallest absolute Gasteiger partial charge is 0.236 e. The standard InChI is InChI=1S/C15H24N4O2/c1-3-9-17-15(20)11(2)18-13(10-14(16)19-21)12-7-5-4-6-8-12/h4-8,11,13,18,21H,3,9-10H2,1-2H3,(H2,16,19)(H,17,20). The zero-order valence-electron chi connectivity index (χ0n) is 12.5. The molecule has 0 bridgehead atoms. The van der Waals surface area contributed by atoms with Crippen LogP contribution in [0.15, 0.2) is 35.5 Å². The van der Waals surface area contributed by atoms with Crippen molar-refractivity contribution in [3.63, 3.8) is 0 Å². The maximum Gasteiger partial charge on any atom is 0.236 e. The average molecular weight is 292 g/mol. The number of nitrogens with two attached hydrogens (primary N) is 1. The Hall–Kier alpha value is -2.08. The zero-order chi connectivity index (χ0) is 15.7. The van der Waals surface area contributed by atoms with Gasteiger partial charge in [0.25, 0.3) is 0 Å². The minimum atomic E-state index is -0.367. The molecule has 6 nitrogen and oxygen atoms in total. The number of benzene rings is 1. The monoisotopic (exact) mass is 292 g/mol. The van der Waals surface area contributed by atoms with E-state index < -0.39 is 0 Å². The number of nitrogens with zero attached hydrogens (tertiary/aromatic N) is 1. The van der Waals surface area contributed by atoms with Gasteiger partial charge in [0, 0.05) is 19.0 Å². The number of oxime groups is 1. The Morgan fingerprint density at radius 1 is 1.38 bits per heavy atom. The summed E-state index contributed by atoms with van der Waals surface area (Å²) in [5.41, 5.74) is 6.59. The molecule has 0 fully saturated rings. The lowest BCUT2D eigenvalue weighted by atomic mass is 10.0. The van der Waals surface area contributed by atoms with Gasteiger partial charge in [0.15, 0.2) is 0 Å². The average Bonchev–Trinajstić information content (AvgIpc) is 2.52. The number of amidine groups is 1. The Morgan fingerprint density at radius 2 is 2.05 bits per heavy atom. The summed E-state index contributed by atoms with van der Waals surface area (Å²) in [4.78, 5) is 11.9. The van der Waals surface area contributed by atoms with E-state index in [0.29, 0.717) is 13.0 Å². The summed E-state index contributed by atoms with van der Waals surface area (Å²) in [6.45, 7) is 4.46. The van der Waals surface area contributed by atoms with E-state index in [4.69, 9.17) is 10.9 Å². The van der Waals surface area contributed by atoms with Crippen molar-refractivity contribution in [1.82, 2.24) is 10.6 Å². The Bertz CT molecular complexity index is 462. The van der Waals surface area contributed by atoms with E-state index in [-0.39, 0.29) is 23.8 Å². The van der Waals surface area contributed by atoms with Crippen LogP contribution in [0.3, 0.4) is 0 Å². The van der Waals surface area contributed by atoms with Gasteiger partial charge < -0.3 is 16.3 Å². The predicted octanol–water partition coefficient (Wildman–Crippen LogP) is 1.37. The van der Waals surface area contributed by atoms with Crippen LogP contribution in [0.25, 0.3) is 0 Å². The lowest BCUT2D eigenvalue weighted by Gasteiger charge is -2.23. The summed E-state index contributed by atoms with van der Waals surface area (Å²) >= 11 is 0. The van der Waals surface area contributed by atoms with Gasteiger partial charge in [0.1, 0.15) is 5.84 Å². The molecule has 21 heavy (non-hydrogen) atoms. The van der Waals surface area contributed by atoms with Crippen LogP contribution in [0, 0.1) is 0 Å². The first-order valence-corrected chi connectivity index (χ1v) is 7.13. The van der Waals surface area contributed by atoms with Crippen molar-refractivity contribution in [1.29, 1.82) is 0 Å². The van der Waals surface area contributed by atoms with Gasteiger partial charge in [-0.05, 0) is 18.9 Å². The van der Waals surface area contributed by atoms with E-state index in [0.717, 1.165) is 12.0 Å². The molecule has 0 radical (unpaired) electrons. The molecule has 116 valence electrons. The highest BCUT2D eigenvalue weighted by Gasteiger charge is 2.20. The number of rotatable bonds is 8. The molecular formula is C15H24N4O2. The van der Waals surface area contributed by atoms with Crippen LogP contribution >= 0.6 is 0 Å². The topological polar surface area (TPSA) is 99.7 Å². The highest BCUT2D eigenvalue weighted by atomic mass is 16.4. The molecule has 0 heterocycles. The number of nitrogens with one attached hydrogen (secondary N) is 2. The Kier molecular flexibility index (Phi) is 7.25. The molecule has 1 aromatic carbocycles. The molecule has 0 aromatic heterocycles. The molecule has 0 aliphatic carbocycles. The van der Waals surface area contributed by atoms with Crippen molar-refractivity contribution in [3.8, 4) is 0 Å². The van der Waals surface area contributed by atoms with Gasteiger partial charge in [-0.2, -0.15) is 0 Å². The van der Waals surface area contributed by atoms with E-state index >= 15 is 0 Å². The van der Waals surface area contributed by atoms with E-state index in [1.165, 1.54) is 0 Å². The fourth-order valence-corrected chi connectivity index (χ4v) is 1.99. The molecule has 6 heteroatoms. The second kappa shape index (κ2) is 8.97. The minimum Gasteiger partial charge on any atom is -0.409 e. The molecule has 5 N–H and O–H groups in total. The maximum absolute atomic E-state index is 11.9. The van der Waals surface area contributed by atoms with Crippen LogP contribution in [0.1, 0.15) is 38.3 Å². The minimum absolute atomic E-state index is 0.0581. The molecule has 0 spiro atoms. The van der Waals surface area contributed by atoms with E-state index in [2.05, 4.69) is 15.8 Å². The third-order valence-corrected chi connectivity index (χ3v) is 3.14. The molecule has 2 unspecified atom stereocenters. The molecule has 1 amide bonds. The van der Waals surface area contributed by atoms with E-state index in [9.17, 15) is 4.79 Å². The third-order valence-electron chi connectivity index (χ3n) is 3.14. The van der Waals surface area contributed by atoms with Crippen molar-refractivity contribution < 1.29 is 10.0 Å². The molecule has 0 saturated heterocycles. The molecule has 1 aromatic rings. The molecule has 0 aliphatic heterocycles. The van der Waals surface area contributed by atoms with Crippen LogP contribution in [-0.2, 0) is 4.79 Å². The Morgan fingerprint density at radius 3 is 2.62 bits per heavy atom. The van der Waals surface area contributed by atoms with Crippen LogP contribution < -0.4 is 16.4 Å². The third kappa shape index (κ3) is 5.83. The van der Waals surface area contributed by atoms with Gasteiger partial charge in [0.05, 0.1) is 6.04 Å². The van der Waals surface area contributed by atoms with Gasteiger partial charge in [-0.15, -0.1) is 0 Å². The SMILES string of the molecule is CCCNC(=O)C(C)NC(CC(N)=NO)c1ccccc1. The van der Waals surface area contributed by atoms with Crippen LogP contribution in [0.5, 0.6) is 0 Å². The lowest BCUT2D eigenvalue weighted by Crippen LogP contribution is -2.44. The first kappa shape index (κ1) is 17.0. The normalized spacial score (nSPS) is 14.5. The van der Waals surface area contributed by atoms with Crippen LogP contribution in [0.4, 0.5) is 0 Å². The largest absolute Gasteiger partial charge is 0.409 e. The molecule has 2 atom stereocenters. The maximum atomic E-state index is 11.9. The lowest BCUT2D eigenvalue weighted by molar-refractivity contribution is -0.122. The molecular weight excluding hydrogens is 268 g/mol. The fourth-order valence-electron chi connectivity index (χ4n) is 1.99. The van der Waals surface area contributed by atoms with Gasteiger partial charge in [0.2, 0.25) is 5.91 Å². The second-order valence-electron chi connectivity index (χ2n) is 4.94. The van der Waals surface area contributed by atoms with Gasteiger partial charge >= 0.3 is 0 Å². The first-order chi connectivity index (χ1) is 10.1. The fraction of sp³-hybridized carbons (Fsp3) is 0.467. The van der Waals surface area contributed by atoms with Crippen molar-refractivity contribution in [2.45, 2.75) is 38.8 Å². The number of carbonyl (C=O) groups excluding carboxylic acids is 1. The predicted molar refractivity (Wildman–Crippen MR) is 83.1 cm³/mol. The highest BCUT2D eigenvalue weighted by molar-refractivity contribution is 5.82. The second-order valence-corrected chi connectivity index (χ2v) is 4.94. The van der Waals surface area contributed by atoms with Crippen molar-refractivity contribution in [2.24, 2.45) is 10.9 Å². The quantitative estimate of drug-likeness (QED) is 0.252. The van der Waals surface area contributed by atoms with Gasteiger partial charge in [-0.25, -0.2) is 0 Å². The number of hydrogen-bond acceptors (Lipinski definition) is 4.